The molecule has 0 heterocycles. The zero-order valence-corrected chi connectivity index (χ0v) is 17.8. The Bertz CT molecular complexity index is 984. The molecular formula is C20H26N2O5S. The first-order valence-electron chi connectivity index (χ1n) is 8.65. The molecule has 1 N–H and O–H groups in total. The average molecular weight is 407 g/mol. The first-order valence-corrected chi connectivity index (χ1v) is 10.1. The van der Waals surface area contributed by atoms with Gasteiger partial charge in [-0.25, -0.2) is 12.7 Å². The number of sulfonamides is 1. The molecule has 0 spiro atoms. The summed E-state index contributed by atoms with van der Waals surface area (Å²) in [5, 5.41) is 2.81. The van der Waals surface area contributed by atoms with Crippen LogP contribution >= 0.6 is 0 Å². The number of ether oxygens (including phenoxy) is 2. The molecule has 0 aliphatic carbocycles. The van der Waals surface area contributed by atoms with Crippen LogP contribution in [0.1, 0.15) is 27.0 Å². The molecule has 0 atom stereocenters. The zero-order chi connectivity index (χ0) is 21.1. The van der Waals surface area contributed by atoms with E-state index < -0.39 is 10.0 Å². The fourth-order valence-electron chi connectivity index (χ4n) is 2.79. The lowest BCUT2D eigenvalue weighted by Gasteiger charge is -2.17. The van der Waals surface area contributed by atoms with E-state index in [9.17, 15) is 13.2 Å². The van der Waals surface area contributed by atoms with E-state index in [4.69, 9.17) is 9.47 Å². The Kier molecular flexibility index (Phi) is 6.69. The number of para-hydroxylation sites is 1. The molecule has 1 amide bonds. The van der Waals surface area contributed by atoms with Crippen LogP contribution in [0, 0.1) is 13.8 Å². The van der Waals surface area contributed by atoms with Crippen molar-refractivity contribution in [3.63, 3.8) is 0 Å². The number of methoxy groups -OCH3 is 2. The fraction of sp³-hybridized carbons (Fsp3) is 0.350. The maximum atomic E-state index is 12.7. The van der Waals surface area contributed by atoms with Gasteiger partial charge in [0.2, 0.25) is 10.0 Å². The van der Waals surface area contributed by atoms with E-state index in [1.54, 1.807) is 39.2 Å². The normalized spacial score (nSPS) is 11.4. The maximum Gasteiger partial charge on any atom is 0.251 e. The molecule has 0 aromatic heterocycles. The van der Waals surface area contributed by atoms with Crippen molar-refractivity contribution in [1.29, 1.82) is 0 Å². The number of carbonyl (C=O) groups is 1. The van der Waals surface area contributed by atoms with Crippen LogP contribution in [0.15, 0.2) is 35.2 Å². The Hall–Kier alpha value is -2.58. The number of carbonyl (C=O) groups excluding carboxylic acids is 1. The fourth-order valence-corrected chi connectivity index (χ4v) is 4.01. The number of hydrogen-bond acceptors (Lipinski definition) is 5. The van der Waals surface area contributed by atoms with Gasteiger partial charge in [0.1, 0.15) is 0 Å². The molecule has 28 heavy (non-hydrogen) atoms. The van der Waals surface area contributed by atoms with Crippen LogP contribution < -0.4 is 14.8 Å². The smallest absolute Gasteiger partial charge is 0.251 e. The summed E-state index contributed by atoms with van der Waals surface area (Å²) in [5.41, 5.74) is 2.39. The molecule has 152 valence electrons. The van der Waals surface area contributed by atoms with E-state index in [0.717, 1.165) is 15.4 Å². The first kappa shape index (κ1) is 21.7. The van der Waals surface area contributed by atoms with Crippen molar-refractivity contribution >= 4 is 15.9 Å². The quantitative estimate of drug-likeness (QED) is 0.764. The third kappa shape index (κ3) is 4.28. The minimum Gasteiger partial charge on any atom is -0.493 e. The molecule has 2 rings (SSSR count). The van der Waals surface area contributed by atoms with Crippen molar-refractivity contribution in [1.82, 2.24) is 9.62 Å². The van der Waals surface area contributed by atoms with Crippen molar-refractivity contribution in [2.24, 2.45) is 0 Å². The summed E-state index contributed by atoms with van der Waals surface area (Å²) in [5.74, 6) is 0.740. The van der Waals surface area contributed by atoms with Crippen LogP contribution in [0.4, 0.5) is 0 Å². The standard InChI is InChI=1S/C20H26N2O5S/c1-13-10-16(11-18(14(13)2)28(24,25)22(3)4)20(23)21-12-15-8-7-9-17(26-5)19(15)27-6/h7-11H,12H2,1-6H3,(H,21,23). The topological polar surface area (TPSA) is 84.9 Å². The van der Waals surface area contributed by atoms with Crippen LogP contribution in [-0.4, -0.2) is 46.9 Å². The van der Waals surface area contributed by atoms with Gasteiger partial charge in [-0.1, -0.05) is 12.1 Å². The Morgan fingerprint density at radius 3 is 2.36 bits per heavy atom. The van der Waals surface area contributed by atoms with Crippen LogP contribution in [0.2, 0.25) is 0 Å². The van der Waals surface area contributed by atoms with E-state index in [-0.39, 0.29) is 22.9 Å². The van der Waals surface area contributed by atoms with Crippen LogP contribution in [0.3, 0.4) is 0 Å². The van der Waals surface area contributed by atoms with E-state index >= 15 is 0 Å². The van der Waals surface area contributed by atoms with Gasteiger partial charge in [-0.15, -0.1) is 0 Å². The summed E-state index contributed by atoms with van der Waals surface area (Å²) < 4.78 is 36.9. The van der Waals surface area contributed by atoms with Crippen LogP contribution in [0.5, 0.6) is 11.5 Å². The lowest BCUT2D eigenvalue weighted by molar-refractivity contribution is 0.0950. The summed E-state index contributed by atoms with van der Waals surface area (Å²) in [7, 11) is 2.35. The SMILES string of the molecule is COc1cccc(CNC(=O)c2cc(C)c(C)c(S(=O)(=O)N(C)C)c2)c1OC. The van der Waals surface area contributed by atoms with Gasteiger partial charge in [0.15, 0.2) is 11.5 Å². The Balaban J connectivity index is 2.33. The van der Waals surface area contributed by atoms with Gasteiger partial charge >= 0.3 is 0 Å². The van der Waals surface area contributed by atoms with Crippen molar-refractivity contribution < 1.29 is 22.7 Å². The van der Waals surface area contributed by atoms with E-state index in [1.165, 1.54) is 27.3 Å². The highest BCUT2D eigenvalue weighted by Crippen LogP contribution is 2.30. The lowest BCUT2D eigenvalue weighted by Crippen LogP contribution is -2.26. The summed E-state index contributed by atoms with van der Waals surface area (Å²) in [4.78, 5) is 12.8. The Morgan fingerprint density at radius 1 is 1.11 bits per heavy atom. The van der Waals surface area contributed by atoms with Crippen LogP contribution in [0.25, 0.3) is 0 Å². The average Bonchev–Trinajstić information content (AvgIpc) is 2.67. The number of nitrogens with zero attached hydrogens (tertiary/aromatic N) is 1. The molecule has 0 aliphatic heterocycles. The third-order valence-electron chi connectivity index (χ3n) is 4.56. The van der Waals surface area contributed by atoms with Crippen molar-refractivity contribution in [3.05, 3.63) is 52.6 Å². The van der Waals surface area contributed by atoms with Gasteiger partial charge in [-0.3, -0.25) is 4.79 Å². The van der Waals surface area contributed by atoms with E-state index in [0.29, 0.717) is 17.1 Å². The van der Waals surface area contributed by atoms with E-state index in [1.807, 2.05) is 6.07 Å². The van der Waals surface area contributed by atoms with Gasteiger partial charge < -0.3 is 14.8 Å². The molecule has 0 radical (unpaired) electrons. The second-order valence-corrected chi connectivity index (χ2v) is 8.66. The minimum atomic E-state index is -3.66. The summed E-state index contributed by atoms with van der Waals surface area (Å²) in [6, 6.07) is 8.49. The van der Waals surface area contributed by atoms with Gasteiger partial charge in [-0.05, 0) is 43.2 Å². The molecule has 8 heteroatoms. The zero-order valence-electron chi connectivity index (χ0n) is 17.0. The first-order chi connectivity index (χ1) is 13.1. The summed E-state index contributed by atoms with van der Waals surface area (Å²) >= 11 is 0. The van der Waals surface area contributed by atoms with Crippen molar-refractivity contribution in [2.45, 2.75) is 25.3 Å². The number of hydrogen-bond donors (Lipinski definition) is 1. The highest BCUT2D eigenvalue weighted by molar-refractivity contribution is 7.89. The Morgan fingerprint density at radius 2 is 1.79 bits per heavy atom. The molecule has 0 bridgehead atoms. The summed E-state index contributed by atoms with van der Waals surface area (Å²) in [6.45, 7) is 3.72. The van der Waals surface area contributed by atoms with Gasteiger partial charge in [0.05, 0.1) is 19.1 Å². The third-order valence-corrected chi connectivity index (χ3v) is 6.51. The largest absolute Gasteiger partial charge is 0.493 e. The molecule has 0 saturated carbocycles. The summed E-state index contributed by atoms with van der Waals surface area (Å²) in [6.07, 6.45) is 0. The van der Waals surface area contributed by atoms with Crippen LogP contribution in [-0.2, 0) is 16.6 Å². The number of amides is 1. The molecule has 2 aromatic carbocycles. The molecular weight excluding hydrogens is 380 g/mol. The second-order valence-electron chi connectivity index (χ2n) is 6.54. The molecule has 0 fully saturated rings. The maximum absolute atomic E-state index is 12.7. The molecule has 2 aromatic rings. The number of rotatable bonds is 7. The second kappa shape index (κ2) is 8.62. The number of aryl methyl sites for hydroxylation is 1. The van der Waals surface area contributed by atoms with Gasteiger partial charge in [0, 0.05) is 31.8 Å². The monoisotopic (exact) mass is 406 g/mol. The number of nitrogens with one attached hydrogen (secondary N) is 1. The highest BCUT2D eigenvalue weighted by Gasteiger charge is 2.23. The highest BCUT2D eigenvalue weighted by atomic mass is 32.2. The number of benzene rings is 2. The van der Waals surface area contributed by atoms with E-state index in [2.05, 4.69) is 5.32 Å². The predicted molar refractivity (Wildman–Crippen MR) is 108 cm³/mol. The van der Waals surface area contributed by atoms with Gasteiger partial charge in [0.25, 0.3) is 5.91 Å². The molecule has 0 saturated heterocycles. The predicted octanol–water partition coefficient (Wildman–Crippen LogP) is 2.50. The molecule has 0 unspecified atom stereocenters. The lowest BCUT2D eigenvalue weighted by atomic mass is 10.1. The molecule has 0 aliphatic rings. The molecule has 7 nitrogen and oxygen atoms in total. The van der Waals surface area contributed by atoms with Crippen molar-refractivity contribution in [2.75, 3.05) is 28.3 Å². The van der Waals surface area contributed by atoms with Crippen molar-refractivity contribution in [3.8, 4) is 11.5 Å². The Labute approximate surface area is 166 Å². The minimum absolute atomic E-state index is 0.126. The van der Waals surface area contributed by atoms with Gasteiger partial charge in [-0.2, -0.15) is 0 Å².